The van der Waals surface area contributed by atoms with Crippen LogP contribution < -0.4 is 9.64 Å². The molecule has 0 saturated carbocycles. The van der Waals surface area contributed by atoms with E-state index in [1.54, 1.807) is 25.1 Å². The van der Waals surface area contributed by atoms with Crippen LogP contribution in [0.2, 0.25) is 0 Å². The number of halogens is 1. The van der Waals surface area contributed by atoms with Crippen LogP contribution in [-0.2, 0) is 11.3 Å². The molecule has 150 valence electrons. The summed E-state index contributed by atoms with van der Waals surface area (Å²) in [5.41, 5.74) is 1.97. The van der Waals surface area contributed by atoms with Gasteiger partial charge in [0.25, 0.3) is 0 Å². The molecule has 2 aromatic rings. The number of carbonyl (C=O) groups is 1. The summed E-state index contributed by atoms with van der Waals surface area (Å²) in [5, 5.41) is 0. The highest BCUT2D eigenvalue weighted by atomic mass is 19.1. The summed E-state index contributed by atoms with van der Waals surface area (Å²) in [6.45, 7) is 5.76. The molecule has 0 spiro atoms. The Morgan fingerprint density at radius 2 is 1.82 bits per heavy atom. The van der Waals surface area contributed by atoms with E-state index in [1.165, 1.54) is 17.8 Å². The Balaban J connectivity index is 1.53. The van der Waals surface area contributed by atoms with Gasteiger partial charge in [0.15, 0.2) is 0 Å². The van der Waals surface area contributed by atoms with E-state index in [1.807, 2.05) is 25.1 Å². The molecule has 6 heteroatoms. The van der Waals surface area contributed by atoms with Crippen LogP contribution >= 0.6 is 0 Å². The average Bonchev–Trinajstić information content (AvgIpc) is 2.73. The summed E-state index contributed by atoms with van der Waals surface area (Å²) < 4.78 is 18.6. The fourth-order valence-electron chi connectivity index (χ4n) is 3.62. The molecule has 1 aliphatic heterocycles. The monoisotopic (exact) mass is 385 g/mol. The number of methoxy groups -OCH3 is 1. The molecule has 5 nitrogen and oxygen atoms in total. The number of carbonyl (C=O) groups excluding carboxylic acids is 1. The molecule has 2 aromatic carbocycles. The maximum absolute atomic E-state index is 13.4. The molecule has 1 amide bonds. The first-order valence-electron chi connectivity index (χ1n) is 9.60. The number of likely N-dealkylation sites (N-methyl/N-ethyl adjacent to an activating group) is 1. The second-order valence-electron chi connectivity index (χ2n) is 7.22. The standard InChI is InChI=1S/C22H28FN3O2/c1-17(22(27)24(2)16-18-5-4-6-19(23)15-18)25-11-13-26(14-12-25)20-7-9-21(28-3)10-8-20/h4-10,15,17H,11-14,16H2,1-3H3. The zero-order chi connectivity index (χ0) is 20.1. The van der Waals surface area contributed by atoms with Crippen LogP contribution in [0, 0.1) is 5.82 Å². The largest absolute Gasteiger partial charge is 0.497 e. The number of ether oxygens (including phenoxy) is 1. The molecule has 0 aromatic heterocycles. The van der Waals surface area contributed by atoms with Gasteiger partial charge in [-0.15, -0.1) is 0 Å². The van der Waals surface area contributed by atoms with E-state index in [-0.39, 0.29) is 17.8 Å². The highest BCUT2D eigenvalue weighted by Gasteiger charge is 2.27. The van der Waals surface area contributed by atoms with E-state index >= 15 is 0 Å². The van der Waals surface area contributed by atoms with Crippen molar-refractivity contribution >= 4 is 11.6 Å². The number of benzene rings is 2. The van der Waals surface area contributed by atoms with Crippen LogP contribution in [0.25, 0.3) is 0 Å². The van der Waals surface area contributed by atoms with Gasteiger partial charge in [0, 0.05) is 45.5 Å². The number of hydrogen-bond acceptors (Lipinski definition) is 4. The Morgan fingerprint density at radius 1 is 1.14 bits per heavy atom. The Bertz CT molecular complexity index is 789. The number of amides is 1. The molecule has 28 heavy (non-hydrogen) atoms. The fourth-order valence-corrected chi connectivity index (χ4v) is 3.62. The summed E-state index contributed by atoms with van der Waals surface area (Å²) in [7, 11) is 3.44. The zero-order valence-electron chi connectivity index (χ0n) is 16.8. The second kappa shape index (κ2) is 9.06. The van der Waals surface area contributed by atoms with E-state index in [9.17, 15) is 9.18 Å². The number of rotatable bonds is 6. The van der Waals surface area contributed by atoms with Crippen molar-refractivity contribution in [2.45, 2.75) is 19.5 Å². The lowest BCUT2D eigenvalue weighted by molar-refractivity contribution is -0.135. The van der Waals surface area contributed by atoms with Gasteiger partial charge in [-0.1, -0.05) is 12.1 Å². The first kappa shape index (κ1) is 20.1. The van der Waals surface area contributed by atoms with Crippen LogP contribution in [0.4, 0.5) is 10.1 Å². The maximum Gasteiger partial charge on any atom is 0.239 e. The molecule has 1 fully saturated rings. The van der Waals surface area contributed by atoms with Gasteiger partial charge in [-0.05, 0) is 48.9 Å². The minimum atomic E-state index is -0.277. The van der Waals surface area contributed by atoms with Gasteiger partial charge in [0.1, 0.15) is 11.6 Å². The first-order chi connectivity index (χ1) is 13.5. The Kier molecular flexibility index (Phi) is 6.52. The van der Waals surface area contributed by atoms with Crippen molar-refractivity contribution in [3.63, 3.8) is 0 Å². The third-order valence-electron chi connectivity index (χ3n) is 5.34. The maximum atomic E-state index is 13.4. The molecule has 1 unspecified atom stereocenters. The first-order valence-corrected chi connectivity index (χ1v) is 9.60. The Hall–Kier alpha value is -2.60. The van der Waals surface area contributed by atoms with Gasteiger partial charge in [-0.25, -0.2) is 4.39 Å². The zero-order valence-corrected chi connectivity index (χ0v) is 16.8. The molecule has 1 heterocycles. The topological polar surface area (TPSA) is 36.0 Å². The van der Waals surface area contributed by atoms with E-state index in [4.69, 9.17) is 4.74 Å². The molecule has 3 rings (SSSR count). The quantitative estimate of drug-likeness (QED) is 0.766. The van der Waals surface area contributed by atoms with Crippen LogP contribution in [-0.4, -0.2) is 62.1 Å². The second-order valence-corrected chi connectivity index (χ2v) is 7.22. The van der Waals surface area contributed by atoms with Crippen LogP contribution in [0.3, 0.4) is 0 Å². The van der Waals surface area contributed by atoms with Gasteiger partial charge < -0.3 is 14.5 Å². The lowest BCUT2D eigenvalue weighted by atomic mass is 10.1. The third-order valence-corrected chi connectivity index (χ3v) is 5.34. The highest BCUT2D eigenvalue weighted by Crippen LogP contribution is 2.21. The van der Waals surface area contributed by atoms with Gasteiger partial charge in [0.05, 0.1) is 13.2 Å². The van der Waals surface area contributed by atoms with Crippen molar-refractivity contribution in [1.29, 1.82) is 0 Å². The normalized spacial score (nSPS) is 15.9. The molecular weight excluding hydrogens is 357 g/mol. The summed E-state index contributed by atoms with van der Waals surface area (Å²) in [4.78, 5) is 19.0. The molecule has 0 radical (unpaired) electrons. The average molecular weight is 385 g/mol. The number of piperazine rings is 1. The molecular formula is C22H28FN3O2. The van der Waals surface area contributed by atoms with Crippen LogP contribution in [0.15, 0.2) is 48.5 Å². The highest BCUT2D eigenvalue weighted by molar-refractivity contribution is 5.81. The summed E-state index contributed by atoms with van der Waals surface area (Å²) in [5.74, 6) is 0.631. The molecule has 0 N–H and O–H groups in total. The van der Waals surface area contributed by atoms with E-state index in [2.05, 4.69) is 21.9 Å². The van der Waals surface area contributed by atoms with Crippen molar-refractivity contribution < 1.29 is 13.9 Å². The number of hydrogen-bond donors (Lipinski definition) is 0. The lowest BCUT2D eigenvalue weighted by Crippen LogP contribution is -2.54. The fraction of sp³-hybridized carbons (Fsp3) is 0.409. The Morgan fingerprint density at radius 3 is 2.43 bits per heavy atom. The van der Waals surface area contributed by atoms with Crippen LogP contribution in [0.5, 0.6) is 5.75 Å². The van der Waals surface area contributed by atoms with Crippen LogP contribution in [0.1, 0.15) is 12.5 Å². The molecule has 1 atom stereocenters. The molecule has 1 saturated heterocycles. The van der Waals surface area contributed by atoms with Gasteiger partial charge in [-0.2, -0.15) is 0 Å². The predicted octanol–water partition coefficient (Wildman–Crippen LogP) is 3.00. The predicted molar refractivity (Wildman–Crippen MR) is 109 cm³/mol. The third kappa shape index (κ3) is 4.81. The van der Waals surface area contributed by atoms with Crippen molar-refractivity contribution in [3.8, 4) is 5.75 Å². The molecule has 1 aliphatic rings. The van der Waals surface area contributed by atoms with Crippen molar-refractivity contribution in [2.75, 3.05) is 45.2 Å². The summed E-state index contributed by atoms with van der Waals surface area (Å²) in [6, 6.07) is 14.3. The van der Waals surface area contributed by atoms with Gasteiger partial charge >= 0.3 is 0 Å². The summed E-state index contributed by atoms with van der Waals surface area (Å²) in [6.07, 6.45) is 0. The lowest BCUT2D eigenvalue weighted by Gasteiger charge is -2.39. The molecule has 0 aliphatic carbocycles. The minimum Gasteiger partial charge on any atom is -0.497 e. The SMILES string of the molecule is COc1ccc(N2CCN(C(C)C(=O)N(C)Cc3cccc(F)c3)CC2)cc1. The van der Waals surface area contributed by atoms with Gasteiger partial charge in [-0.3, -0.25) is 9.69 Å². The number of anilines is 1. The minimum absolute atomic E-state index is 0.0576. The summed E-state index contributed by atoms with van der Waals surface area (Å²) >= 11 is 0. The van der Waals surface area contributed by atoms with Crippen molar-refractivity contribution in [1.82, 2.24) is 9.80 Å². The van der Waals surface area contributed by atoms with Crippen molar-refractivity contribution in [2.24, 2.45) is 0 Å². The smallest absolute Gasteiger partial charge is 0.239 e. The van der Waals surface area contributed by atoms with Crippen molar-refractivity contribution in [3.05, 3.63) is 59.9 Å². The Labute approximate surface area is 166 Å². The van der Waals surface area contributed by atoms with E-state index < -0.39 is 0 Å². The molecule has 0 bridgehead atoms. The number of nitrogens with zero attached hydrogens (tertiary/aromatic N) is 3. The van der Waals surface area contributed by atoms with E-state index in [0.717, 1.165) is 37.5 Å². The van der Waals surface area contributed by atoms with E-state index in [0.29, 0.717) is 6.54 Å². The van der Waals surface area contributed by atoms with Gasteiger partial charge in [0.2, 0.25) is 5.91 Å².